The van der Waals surface area contributed by atoms with E-state index in [4.69, 9.17) is 11.1 Å². The van der Waals surface area contributed by atoms with Crippen molar-refractivity contribution in [3.63, 3.8) is 0 Å². The van der Waals surface area contributed by atoms with E-state index >= 15 is 0 Å². The largest absolute Gasteiger partial charge is 4.00 e. The maximum absolute atomic E-state index is 10.8. The van der Waals surface area contributed by atoms with Gasteiger partial charge < -0.3 is 30.9 Å². The molecule has 2 atom stereocenters. The Labute approximate surface area is 205 Å². The number of hydrogen-bond acceptors (Lipinski definition) is 5. The van der Waals surface area contributed by atoms with E-state index in [2.05, 4.69) is 0 Å². The number of carbonyl (C=O) groups excluding carboxylic acids is 2. The molecule has 2 saturated carbocycles. The molecule has 32 heavy (non-hydrogen) atoms. The van der Waals surface area contributed by atoms with Gasteiger partial charge in [-0.25, -0.2) is 0 Å². The Kier molecular flexibility index (Phi) is 10.8. The van der Waals surface area contributed by atoms with Gasteiger partial charge in [-0.3, -0.25) is 4.90 Å². The molecule has 1 N–H and O–H groups in total. The van der Waals surface area contributed by atoms with Crippen molar-refractivity contribution in [1.29, 1.82) is 0 Å². The Balaban J connectivity index is 0.000000224. The van der Waals surface area contributed by atoms with Crippen LogP contribution in [0, 0.1) is 5.41 Å². The molecule has 0 bridgehead atoms. The van der Waals surface area contributed by atoms with Crippen molar-refractivity contribution in [2.45, 2.75) is 82.5 Å². The second-order valence-corrected chi connectivity index (χ2v) is 9.19. The molecule has 2 aliphatic carbocycles. The van der Waals surface area contributed by atoms with Gasteiger partial charge in [0.05, 0.1) is 17.4 Å². The Bertz CT molecular complexity index is 705. The topological polar surface area (TPSA) is 121 Å². The summed E-state index contributed by atoms with van der Waals surface area (Å²) in [5, 5.41) is 26.5. The van der Waals surface area contributed by atoms with Crippen molar-refractivity contribution in [2.24, 2.45) is 5.41 Å². The summed E-state index contributed by atoms with van der Waals surface area (Å²) in [6.07, 6.45) is 11.5. The molecule has 4 rings (SSSR count). The minimum absolute atomic E-state index is 0. The number of nitrogens with one attached hydrogen (secondary N) is 1. The first-order chi connectivity index (χ1) is 14.9. The Morgan fingerprint density at radius 2 is 1.50 bits per heavy atom. The first-order valence-electron chi connectivity index (χ1n) is 11.5. The molecule has 178 valence electrons. The number of carbonyl (C=O) groups is 2. The third-order valence-electron chi connectivity index (χ3n) is 6.72. The first-order valence-corrected chi connectivity index (χ1v) is 11.5. The van der Waals surface area contributed by atoms with E-state index in [-0.39, 0.29) is 40.2 Å². The van der Waals surface area contributed by atoms with Crippen LogP contribution in [0.4, 0.5) is 0 Å². The van der Waals surface area contributed by atoms with Crippen LogP contribution < -0.4 is 10.2 Å². The molecule has 0 amide bonds. The molecule has 0 unspecified atom stereocenters. The van der Waals surface area contributed by atoms with Crippen LogP contribution in [0.25, 0.3) is 11.1 Å². The molecule has 1 aromatic rings. The Morgan fingerprint density at radius 3 is 2.06 bits per heavy atom. The van der Waals surface area contributed by atoms with Crippen LogP contribution in [0.3, 0.4) is 0 Å². The normalized spacial score (nSPS) is 25.4. The molecule has 7 nitrogen and oxygen atoms in total. The van der Waals surface area contributed by atoms with E-state index in [1.807, 2.05) is 30.3 Å². The summed E-state index contributed by atoms with van der Waals surface area (Å²) in [6.45, 7) is 0.405. The van der Waals surface area contributed by atoms with E-state index in [1.54, 1.807) is 4.90 Å². The maximum Gasteiger partial charge on any atom is 4.00 e. The molecule has 1 aliphatic heterocycles. The van der Waals surface area contributed by atoms with E-state index in [0.717, 1.165) is 12.0 Å². The van der Waals surface area contributed by atoms with E-state index in [0.29, 0.717) is 18.6 Å². The predicted molar refractivity (Wildman–Crippen MR) is 115 cm³/mol. The van der Waals surface area contributed by atoms with Crippen LogP contribution in [-0.4, -0.2) is 48.1 Å². The smallest absolute Gasteiger partial charge is 0.676 e. The summed E-state index contributed by atoms with van der Waals surface area (Å²) in [4.78, 5) is 23.3. The summed E-state index contributed by atoms with van der Waals surface area (Å²) in [7, 11) is 0. The first kappa shape index (κ1) is 27.0. The van der Waals surface area contributed by atoms with Crippen molar-refractivity contribution in [2.75, 3.05) is 13.1 Å². The third kappa shape index (κ3) is 7.11. The van der Waals surface area contributed by atoms with Crippen molar-refractivity contribution in [3.05, 3.63) is 46.9 Å². The molecule has 8 heteroatoms. The van der Waals surface area contributed by atoms with Gasteiger partial charge >= 0.3 is 21.1 Å². The zero-order valence-electron chi connectivity index (χ0n) is 18.4. The van der Waals surface area contributed by atoms with Gasteiger partial charge in [0.25, 0.3) is 0 Å². The quantitative estimate of drug-likeness (QED) is 0.450. The molecular formula is C24H33N3O4Pt. The van der Waals surface area contributed by atoms with Gasteiger partial charge in [-0.05, 0) is 5.56 Å². The molecular weight excluding hydrogens is 589 g/mol. The van der Waals surface area contributed by atoms with Crippen LogP contribution in [0.1, 0.15) is 63.4 Å². The van der Waals surface area contributed by atoms with Crippen molar-refractivity contribution >= 4 is 11.9 Å². The average Bonchev–Trinajstić information content (AvgIpc) is 2.73. The SMILES string of the molecule is O=C([O-])C1(C(=O)[O-])CN(Cc2ccccc2)C1.[NH-][C@@H]1CCCC[C@H]1[N-]C1CCCCC1.[Pt+4]. The van der Waals surface area contributed by atoms with Crippen molar-refractivity contribution in [1.82, 2.24) is 4.90 Å². The summed E-state index contributed by atoms with van der Waals surface area (Å²) in [5.74, 6) is -3.14. The fraction of sp³-hybridized carbons (Fsp3) is 0.667. The van der Waals surface area contributed by atoms with Gasteiger partial charge in [0.15, 0.2) is 0 Å². The number of hydrogen-bond donors (Lipinski definition) is 0. The fourth-order valence-corrected chi connectivity index (χ4v) is 4.80. The van der Waals surface area contributed by atoms with Gasteiger partial charge in [-0.1, -0.05) is 88.1 Å². The van der Waals surface area contributed by atoms with Crippen molar-refractivity contribution < 1.29 is 40.9 Å². The molecule has 0 aromatic heterocycles. The monoisotopic (exact) mass is 622 g/mol. The molecule has 0 radical (unpaired) electrons. The van der Waals surface area contributed by atoms with Gasteiger partial charge in [0, 0.05) is 19.6 Å². The zero-order valence-corrected chi connectivity index (χ0v) is 20.7. The minimum Gasteiger partial charge on any atom is -0.676 e. The predicted octanol–water partition coefficient (Wildman–Crippen LogP) is 2.04. The molecule has 0 spiro atoms. The molecule has 3 aliphatic rings. The number of rotatable bonds is 6. The minimum atomic E-state index is -1.84. The Morgan fingerprint density at radius 1 is 0.938 bits per heavy atom. The summed E-state index contributed by atoms with van der Waals surface area (Å²) >= 11 is 0. The molecule has 1 saturated heterocycles. The number of carboxylic acids is 2. The fourth-order valence-electron chi connectivity index (χ4n) is 4.80. The second kappa shape index (κ2) is 12.8. The molecule has 1 aromatic carbocycles. The third-order valence-corrected chi connectivity index (χ3v) is 6.72. The van der Waals surface area contributed by atoms with Gasteiger partial charge in [0.2, 0.25) is 0 Å². The van der Waals surface area contributed by atoms with E-state index in [9.17, 15) is 19.8 Å². The number of aliphatic carboxylic acids is 2. The van der Waals surface area contributed by atoms with Gasteiger partial charge in [-0.15, -0.1) is 6.04 Å². The van der Waals surface area contributed by atoms with Gasteiger partial charge in [0.1, 0.15) is 0 Å². The summed E-state index contributed by atoms with van der Waals surface area (Å²) in [5.41, 5.74) is 7.13. The number of benzene rings is 1. The maximum atomic E-state index is 10.8. The summed E-state index contributed by atoms with van der Waals surface area (Å²) < 4.78 is 0. The molecule has 1 heterocycles. The number of nitrogens with zero attached hydrogens (tertiary/aromatic N) is 2. The van der Waals surface area contributed by atoms with Crippen LogP contribution in [0.15, 0.2) is 30.3 Å². The zero-order chi connectivity index (χ0) is 22.3. The standard InChI is InChI=1S/C12H22N2.C12H13NO4.Pt/c13-11-8-4-5-9-12(11)14-10-6-2-1-3-7-10;14-10(15)12(11(16)17)7-13(8-12)6-9-4-2-1-3-5-9;/h10-13H,1-9H2;1-5H,6-8H2,(H,14,15)(H,16,17);/q-2;;+4/p-2/t11-,12-;;/m1../s1. The van der Waals surface area contributed by atoms with Crippen LogP contribution in [-0.2, 0) is 37.2 Å². The average molecular weight is 623 g/mol. The van der Waals surface area contributed by atoms with Gasteiger partial charge in [-0.2, -0.15) is 12.1 Å². The van der Waals surface area contributed by atoms with Crippen molar-refractivity contribution in [3.8, 4) is 0 Å². The van der Waals surface area contributed by atoms with Crippen LogP contribution in [0.2, 0.25) is 0 Å². The number of likely N-dealkylation sites (tertiary alicyclic amines) is 1. The Hall–Kier alpha value is -1.27. The summed E-state index contributed by atoms with van der Waals surface area (Å²) in [6, 6.07) is 10.5. The van der Waals surface area contributed by atoms with Crippen LogP contribution >= 0.6 is 0 Å². The number of carboxylic acid groups (broad SMARTS) is 2. The molecule has 3 fully saturated rings. The second-order valence-electron chi connectivity index (χ2n) is 9.19. The van der Waals surface area contributed by atoms with Crippen LogP contribution in [0.5, 0.6) is 0 Å². The van der Waals surface area contributed by atoms with E-state index < -0.39 is 17.4 Å². The van der Waals surface area contributed by atoms with E-state index in [1.165, 1.54) is 51.4 Å².